The Balaban J connectivity index is 1.36. The van der Waals surface area contributed by atoms with Gasteiger partial charge in [0.2, 0.25) is 10.0 Å². The lowest BCUT2D eigenvalue weighted by atomic mass is 10.1. The van der Waals surface area contributed by atoms with Crippen LogP contribution in [0.15, 0.2) is 42.5 Å². The van der Waals surface area contributed by atoms with Crippen LogP contribution in [0.5, 0.6) is 0 Å². The summed E-state index contributed by atoms with van der Waals surface area (Å²) in [6.45, 7) is 1.32. The Morgan fingerprint density at radius 2 is 1.79 bits per heavy atom. The van der Waals surface area contributed by atoms with Gasteiger partial charge in [-0.1, -0.05) is 18.0 Å². The van der Waals surface area contributed by atoms with Gasteiger partial charge >= 0.3 is 0 Å². The molecule has 2 aromatic carbocycles. The van der Waals surface area contributed by atoms with Gasteiger partial charge in [-0.2, -0.15) is 0 Å². The molecule has 1 N–H and O–H groups in total. The average Bonchev–Trinajstić information content (AvgIpc) is 3.28. The van der Waals surface area contributed by atoms with Crippen LogP contribution in [0.4, 0.5) is 11.4 Å². The van der Waals surface area contributed by atoms with Crippen LogP contribution in [-0.4, -0.2) is 41.4 Å². The molecule has 0 atom stereocenters. The van der Waals surface area contributed by atoms with Gasteiger partial charge in [0.05, 0.1) is 16.5 Å². The number of halogens is 1. The number of nitrogens with zero attached hydrogens (tertiary/aromatic N) is 4. The summed E-state index contributed by atoms with van der Waals surface area (Å²) >= 11 is 6.48. The second kappa shape index (κ2) is 8.79. The quantitative estimate of drug-likeness (QED) is 0.599. The van der Waals surface area contributed by atoms with Crippen molar-refractivity contribution in [2.45, 2.75) is 38.6 Å². The molecule has 33 heavy (non-hydrogen) atoms. The van der Waals surface area contributed by atoms with Gasteiger partial charge in [-0.3, -0.25) is 9.10 Å². The van der Waals surface area contributed by atoms with Gasteiger partial charge < -0.3 is 9.88 Å². The van der Waals surface area contributed by atoms with Gasteiger partial charge in [0, 0.05) is 36.3 Å². The normalized spacial score (nSPS) is 17.4. The van der Waals surface area contributed by atoms with E-state index >= 15 is 0 Å². The number of benzene rings is 2. The summed E-state index contributed by atoms with van der Waals surface area (Å²) in [6, 6.07) is 11.9. The largest absolute Gasteiger partial charge is 0.322 e. The predicted molar refractivity (Wildman–Crippen MR) is 128 cm³/mol. The molecule has 1 saturated heterocycles. The molecule has 10 heteroatoms. The minimum Gasteiger partial charge on any atom is -0.322 e. The van der Waals surface area contributed by atoms with Gasteiger partial charge in [-0.05, 0) is 61.7 Å². The Labute approximate surface area is 197 Å². The van der Waals surface area contributed by atoms with Crippen LogP contribution < -0.4 is 9.62 Å². The van der Waals surface area contributed by atoms with E-state index < -0.39 is 10.0 Å². The smallest absolute Gasteiger partial charge is 0.255 e. The lowest BCUT2D eigenvalue weighted by molar-refractivity contribution is 0.102. The average molecular weight is 486 g/mol. The van der Waals surface area contributed by atoms with Crippen molar-refractivity contribution in [1.29, 1.82) is 0 Å². The van der Waals surface area contributed by atoms with E-state index in [9.17, 15) is 13.2 Å². The highest BCUT2D eigenvalue weighted by Gasteiger charge is 2.28. The third-order valence-corrected chi connectivity index (χ3v) is 8.29. The highest BCUT2D eigenvalue weighted by atomic mass is 35.5. The van der Waals surface area contributed by atoms with Crippen molar-refractivity contribution in [3.8, 4) is 11.4 Å². The Bertz CT molecular complexity index is 1300. The number of hydrogen-bond acceptors (Lipinski definition) is 5. The van der Waals surface area contributed by atoms with Gasteiger partial charge in [-0.15, -0.1) is 10.2 Å². The fourth-order valence-corrected chi connectivity index (χ4v) is 6.14. The van der Waals surface area contributed by atoms with Crippen LogP contribution in [0.25, 0.3) is 11.4 Å². The number of amides is 1. The van der Waals surface area contributed by atoms with Gasteiger partial charge in [0.1, 0.15) is 5.82 Å². The maximum Gasteiger partial charge on any atom is 0.255 e. The Hall–Kier alpha value is -2.91. The molecular formula is C23H24ClN5O3S. The standard InChI is InChI=1S/C23H24ClN5O3S/c24-20-11-8-17(15-19(20)22-27-26-21-5-2-1-3-12-28(21)22)25-23(30)16-6-9-18(10-7-16)29-13-4-14-33(29,31)32/h6-11,15H,1-5,12-14H2,(H,25,30). The van der Waals surface area contributed by atoms with E-state index in [4.69, 9.17) is 11.6 Å². The van der Waals surface area contributed by atoms with E-state index in [1.54, 1.807) is 36.4 Å². The molecule has 5 rings (SSSR count). The van der Waals surface area contributed by atoms with Crippen molar-refractivity contribution < 1.29 is 13.2 Å². The number of anilines is 2. The van der Waals surface area contributed by atoms with Crippen LogP contribution >= 0.6 is 11.6 Å². The Morgan fingerprint density at radius 1 is 0.970 bits per heavy atom. The number of rotatable bonds is 4. The second-order valence-electron chi connectivity index (χ2n) is 8.34. The van der Waals surface area contributed by atoms with E-state index in [1.807, 2.05) is 6.07 Å². The summed E-state index contributed by atoms with van der Waals surface area (Å²) in [5.74, 6) is 1.54. The lowest BCUT2D eigenvalue weighted by Gasteiger charge is -2.17. The van der Waals surface area contributed by atoms with Crippen molar-refractivity contribution in [2.24, 2.45) is 0 Å². The summed E-state index contributed by atoms with van der Waals surface area (Å²) in [4.78, 5) is 12.8. The summed E-state index contributed by atoms with van der Waals surface area (Å²) in [5.41, 5.74) is 2.33. The van der Waals surface area contributed by atoms with E-state index in [0.717, 1.165) is 43.6 Å². The summed E-state index contributed by atoms with van der Waals surface area (Å²) in [7, 11) is -3.25. The number of carbonyl (C=O) groups is 1. The maximum atomic E-state index is 12.8. The minimum absolute atomic E-state index is 0.156. The first-order valence-electron chi connectivity index (χ1n) is 11.1. The molecule has 0 bridgehead atoms. The van der Waals surface area contributed by atoms with Crippen LogP contribution in [0.3, 0.4) is 0 Å². The van der Waals surface area contributed by atoms with Crippen molar-refractivity contribution in [2.75, 3.05) is 21.9 Å². The minimum atomic E-state index is -3.25. The molecule has 172 valence electrons. The molecule has 0 spiro atoms. The van der Waals surface area contributed by atoms with Crippen molar-refractivity contribution in [3.05, 3.63) is 58.9 Å². The van der Waals surface area contributed by atoms with Crippen LogP contribution in [0.1, 0.15) is 41.9 Å². The molecule has 3 aromatic rings. The highest BCUT2D eigenvalue weighted by Crippen LogP contribution is 2.31. The zero-order chi connectivity index (χ0) is 23.0. The molecule has 0 radical (unpaired) electrons. The molecule has 2 aliphatic heterocycles. The molecule has 1 fully saturated rings. The van der Waals surface area contributed by atoms with Crippen LogP contribution in [-0.2, 0) is 23.0 Å². The Morgan fingerprint density at radius 3 is 2.55 bits per heavy atom. The maximum absolute atomic E-state index is 12.8. The zero-order valence-corrected chi connectivity index (χ0v) is 19.6. The summed E-state index contributed by atoms with van der Waals surface area (Å²) < 4.78 is 27.7. The lowest BCUT2D eigenvalue weighted by Crippen LogP contribution is -2.25. The third kappa shape index (κ3) is 4.35. The SMILES string of the molecule is O=C(Nc1ccc(Cl)c(-c2nnc3n2CCCCC3)c1)c1ccc(N2CCCS2(=O)=O)cc1. The Kier molecular flexibility index (Phi) is 5.84. The molecule has 3 heterocycles. The number of nitrogens with one attached hydrogen (secondary N) is 1. The van der Waals surface area contributed by atoms with Crippen molar-refractivity contribution in [1.82, 2.24) is 14.8 Å². The molecule has 8 nitrogen and oxygen atoms in total. The number of aromatic nitrogens is 3. The van der Waals surface area contributed by atoms with Gasteiger partial charge in [0.15, 0.2) is 5.82 Å². The third-order valence-electron chi connectivity index (χ3n) is 6.09. The first-order chi connectivity index (χ1) is 15.9. The fourth-order valence-electron chi connectivity index (χ4n) is 4.37. The van der Waals surface area contributed by atoms with Crippen LogP contribution in [0, 0.1) is 0 Å². The molecular weight excluding hydrogens is 462 g/mol. The van der Waals surface area contributed by atoms with Gasteiger partial charge in [0.25, 0.3) is 5.91 Å². The molecule has 0 aliphatic carbocycles. The topological polar surface area (TPSA) is 97.2 Å². The fraction of sp³-hybridized carbons (Fsp3) is 0.348. The zero-order valence-electron chi connectivity index (χ0n) is 18.0. The predicted octanol–water partition coefficient (Wildman–Crippen LogP) is 4.12. The number of fused-ring (bicyclic) bond motifs is 1. The number of aryl methyl sites for hydroxylation is 1. The first kappa shape index (κ1) is 21.9. The van der Waals surface area contributed by atoms with Gasteiger partial charge in [-0.25, -0.2) is 8.42 Å². The van der Waals surface area contributed by atoms with E-state index in [-0.39, 0.29) is 11.7 Å². The highest BCUT2D eigenvalue weighted by molar-refractivity contribution is 7.93. The van der Waals surface area contributed by atoms with Crippen LogP contribution in [0.2, 0.25) is 5.02 Å². The molecule has 1 amide bonds. The van der Waals surface area contributed by atoms with E-state index in [0.29, 0.717) is 40.8 Å². The molecule has 2 aliphatic rings. The molecule has 0 saturated carbocycles. The number of hydrogen-bond donors (Lipinski definition) is 1. The molecule has 0 unspecified atom stereocenters. The summed E-state index contributed by atoms with van der Waals surface area (Å²) in [6.07, 6.45) is 4.84. The van der Waals surface area contributed by atoms with Crippen molar-refractivity contribution in [3.63, 3.8) is 0 Å². The monoisotopic (exact) mass is 485 g/mol. The van der Waals surface area contributed by atoms with E-state index in [2.05, 4.69) is 20.1 Å². The van der Waals surface area contributed by atoms with E-state index in [1.165, 1.54) is 4.31 Å². The molecule has 1 aromatic heterocycles. The summed E-state index contributed by atoms with van der Waals surface area (Å²) in [5, 5.41) is 12.2. The number of carbonyl (C=O) groups excluding carboxylic acids is 1. The van der Waals surface area contributed by atoms with Crippen molar-refractivity contribution >= 4 is 38.9 Å². The first-order valence-corrected chi connectivity index (χ1v) is 13.0. The number of sulfonamides is 1. The second-order valence-corrected chi connectivity index (χ2v) is 10.8.